The molecule has 0 aromatic heterocycles. The summed E-state index contributed by atoms with van der Waals surface area (Å²) >= 11 is 6.04. The summed E-state index contributed by atoms with van der Waals surface area (Å²) in [4.78, 5) is 2.33. The molecule has 0 aliphatic carbocycles. The summed E-state index contributed by atoms with van der Waals surface area (Å²) in [6.07, 6.45) is 1.11. The van der Waals surface area contributed by atoms with Crippen molar-refractivity contribution in [3.8, 4) is 0 Å². The van der Waals surface area contributed by atoms with Gasteiger partial charge in [0.25, 0.3) is 0 Å². The van der Waals surface area contributed by atoms with Gasteiger partial charge >= 0.3 is 0 Å². The lowest BCUT2D eigenvalue weighted by Crippen LogP contribution is -2.27. The third-order valence-electron chi connectivity index (χ3n) is 3.04. The standard InChI is InChI=1S/C14H23ClN2/c1-4-16-14(9-10-17(3)5-2)12-7-6-8-13(15)11-12/h6-8,11,14,16H,4-5,9-10H2,1-3H3. The third-order valence-corrected chi connectivity index (χ3v) is 3.28. The SMILES string of the molecule is CCNC(CCN(C)CC)c1cccc(Cl)c1. The van der Waals surface area contributed by atoms with Crippen molar-refractivity contribution in [3.63, 3.8) is 0 Å². The highest BCUT2D eigenvalue weighted by molar-refractivity contribution is 6.30. The van der Waals surface area contributed by atoms with E-state index in [1.54, 1.807) is 0 Å². The van der Waals surface area contributed by atoms with Crippen LogP contribution in [0.5, 0.6) is 0 Å². The number of hydrogen-bond acceptors (Lipinski definition) is 2. The minimum absolute atomic E-state index is 0.396. The Kier molecular flexibility index (Phi) is 6.56. The van der Waals surface area contributed by atoms with Crippen molar-refractivity contribution in [2.75, 3.05) is 26.7 Å². The first-order valence-electron chi connectivity index (χ1n) is 6.34. The molecule has 0 spiro atoms. The maximum Gasteiger partial charge on any atom is 0.0409 e. The second-order valence-electron chi connectivity index (χ2n) is 4.35. The minimum atomic E-state index is 0.396. The highest BCUT2D eigenvalue weighted by Crippen LogP contribution is 2.20. The number of rotatable bonds is 7. The van der Waals surface area contributed by atoms with Gasteiger partial charge in [0.2, 0.25) is 0 Å². The third kappa shape index (κ3) is 5.07. The minimum Gasteiger partial charge on any atom is -0.310 e. The van der Waals surface area contributed by atoms with Crippen molar-refractivity contribution < 1.29 is 0 Å². The molecule has 1 N–H and O–H groups in total. The topological polar surface area (TPSA) is 15.3 Å². The van der Waals surface area contributed by atoms with E-state index in [9.17, 15) is 0 Å². The molecule has 1 unspecified atom stereocenters. The predicted molar refractivity (Wildman–Crippen MR) is 75.7 cm³/mol. The number of benzene rings is 1. The highest BCUT2D eigenvalue weighted by Gasteiger charge is 2.11. The average Bonchev–Trinajstić information content (AvgIpc) is 2.34. The average molecular weight is 255 g/mol. The first-order valence-corrected chi connectivity index (χ1v) is 6.72. The van der Waals surface area contributed by atoms with Gasteiger partial charge in [0.15, 0.2) is 0 Å². The summed E-state index contributed by atoms with van der Waals surface area (Å²) in [6.45, 7) is 7.49. The molecule has 0 radical (unpaired) electrons. The van der Waals surface area contributed by atoms with Crippen LogP contribution in [0, 0.1) is 0 Å². The zero-order valence-electron chi connectivity index (χ0n) is 11.0. The summed E-state index contributed by atoms with van der Waals surface area (Å²) in [5.41, 5.74) is 1.28. The molecule has 96 valence electrons. The zero-order valence-corrected chi connectivity index (χ0v) is 11.8. The van der Waals surface area contributed by atoms with Crippen molar-refractivity contribution in [2.24, 2.45) is 0 Å². The predicted octanol–water partition coefficient (Wildman–Crippen LogP) is 3.33. The first-order chi connectivity index (χ1) is 8.17. The zero-order chi connectivity index (χ0) is 12.7. The summed E-state index contributed by atoms with van der Waals surface area (Å²) in [5.74, 6) is 0. The normalized spacial score (nSPS) is 13.0. The van der Waals surface area contributed by atoms with Crippen molar-refractivity contribution in [2.45, 2.75) is 26.3 Å². The second-order valence-corrected chi connectivity index (χ2v) is 4.79. The van der Waals surface area contributed by atoms with Gasteiger partial charge in [-0.2, -0.15) is 0 Å². The maximum absolute atomic E-state index is 6.04. The van der Waals surface area contributed by atoms with E-state index in [4.69, 9.17) is 11.6 Å². The molecule has 3 heteroatoms. The fraction of sp³-hybridized carbons (Fsp3) is 0.571. The number of halogens is 1. The van der Waals surface area contributed by atoms with Crippen LogP contribution in [0.25, 0.3) is 0 Å². The van der Waals surface area contributed by atoms with Crippen LogP contribution < -0.4 is 5.32 Å². The van der Waals surface area contributed by atoms with Gasteiger partial charge in [-0.3, -0.25) is 0 Å². The van der Waals surface area contributed by atoms with Gasteiger partial charge in [-0.25, -0.2) is 0 Å². The van der Waals surface area contributed by atoms with Crippen LogP contribution in [0.4, 0.5) is 0 Å². The van der Waals surface area contributed by atoms with E-state index in [2.05, 4.69) is 43.2 Å². The Morgan fingerprint density at radius 1 is 1.35 bits per heavy atom. The van der Waals surface area contributed by atoms with Crippen LogP contribution in [-0.2, 0) is 0 Å². The molecule has 0 heterocycles. The molecule has 1 rings (SSSR count). The molecule has 2 nitrogen and oxygen atoms in total. The Labute approximate surface area is 110 Å². The van der Waals surface area contributed by atoms with Crippen molar-refractivity contribution in [1.82, 2.24) is 10.2 Å². The van der Waals surface area contributed by atoms with E-state index in [0.717, 1.165) is 31.1 Å². The van der Waals surface area contributed by atoms with E-state index >= 15 is 0 Å². The van der Waals surface area contributed by atoms with Crippen LogP contribution in [0.15, 0.2) is 24.3 Å². The molecule has 17 heavy (non-hydrogen) atoms. The lowest BCUT2D eigenvalue weighted by atomic mass is 10.0. The molecule has 1 aromatic rings. The lowest BCUT2D eigenvalue weighted by molar-refractivity contribution is 0.322. The summed E-state index contributed by atoms with van der Waals surface area (Å²) in [6, 6.07) is 8.54. The van der Waals surface area contributed by atoms with Crippen LogP contribution in [0.2, 0.25) is 5.02 Å². The molecular formula is C14H23ClN2. The van der Waals surface area contributed by atoms with Crippen LogP contribution in [0.1, 0.15) is 31.9 Å². The molecule has 0 saturated carbocycles. The molecule has 1 aromatic carbocycles. The monoisotopic (exact) mass is 254 g/mol. The van der Waals surface area contributed by atoms with Gasteiger partial charge in [0.05, 0.1) is 0 Å². The van der Waals surface area contributed by atoms with E-state index in [0.29, 0.717) is 6.04 Å². The Morgan fingerprint density at radius 2 is 2.12 bits per heavy atom. The largest absolute Gasteiger partial charge is 0.310 e. The first kappa shape index (κ1) is 14.5. The fourth-order valence-electron chi connectivity index (χ4n) is 1.86. The van der Waals surface area contributed by atoms with Gasteiger partial charge < -0.3 is 10.2 Å². The quantitative estimate of drug-likeness (QED) is 0.803. The highest BCUT2D eigenvalue weighted by atomic mass is 35.5. The van der Waals surface area contributed by atoms with Crippen LogP contribution >= 0.6 is 11.6 Å². The second kappa shape index (κ2) is 7.70. The van der Waals surface area contributed by atoms with E-state index in [1.807, 2.05) is 12.1 Å². The van der Waals surface area contributed by atoms with Gasteiger partial charge in [-0.05, 0) is 50.8 Å². The summed E-state index contributed by atoms with van der Waals surface area (Å²) < 4.78 is 0. The lowest BCUT2D eigenvalue weighted by Gasteiger charge is -2.22. The molecule has 0 aliphatic rings. The summed E-state index contributed by atoms with van der Waals surface area (Å²) in [7, 11) is 2.15. The fourth-order valence-corrected chi connectivity index (χ4v) is 2.06. The Hall–Kier alpha value is -0.570. The number of nitrogens with zero attached hydrogens (tertiary/aromatic N) is 1. The smallest absolute Gasteiger partial charge is 0.0409 e. The van der Waals surface area contributed by atoms with Gasteiger partial charge in [-0.1, -0.05) is 37.6 Å². The van der Waals surface area contributed by atoms with Crippen molar-refractivity contribution in [1.29, 1.82) is 0 Å². The Bertz CT molecular complexity index is 328. The maximum atomic E-state index is 6.04. The Morgan fingerprint density at radius 3 is 2.71 bits per heavy atom. The summed E-state index contributed by atoms with van der Waals surface area (Å²) in [5, 5.41) is 4.33. The molecule has 0 aliphatic heterocycles. The molecule has 0 saturated heterocycles. The van der Waals surface area contributed by atoms with E-state index in [1.165, 1.54) is 5.56 Å². The van der Waals surface area contributed by atoms with Crippen LogP contribution in [-0.4, -0.2) is 31.6 Å². The van der Waals surface area contributed by atoms with Gasteiger partial charge in [0.1, 0.15) is 0 Å². The van der Waals surface area contributed by atoms with E-state index < -0.39 is 0 Å². The molecule has 0 bridgehead atoms. The van der Waals surface area contributed by atoms with Crippen molar-refractivity contribution in [3.05, 3.63) is 34.9 Å². The van der Waals surface area contributed by atoms with Crippen molar-refractivity contribution >= 4 is 11.6 Å². The molecular weight excluding hydrogens is 232 g/mol. The van der Waals surface area contributed by atoms with E-state index in [-0.39, 0.29) is 0 Å². The number of hydrogen-bond donors (Lipinski definition) is 1. The number of nitrogens with one attached hydrogen (secondary N) is 1. The molecule has 1 atom stereocenters. The molecule has 0 amide bonds. The van der Waals surface area contributed by atoms with Gasteiger partial charge in [0, 0.05) is 11.1 Å². The van der Waals surface area contributed by atoms with Gasteiger partial charge in [-0.15, -0.1) is 0 Å². The van der Waals surface area contributed by atoms with Crippen LogP contribution in [0.3, 0.4) is 0 Å². The Balaban J connectivity index is 2.64. The molecule has 0 fully saturated rings.